The summed E-state index contributed by atoms with van der Waals surface area (Å²) in [4.78, 5) is 14.6. The molecule has 0 saturated carbocycles. The molecule has 0 aliphatic rings. The zero-order chi connectivity index (χ0) is 12.1. The normalized spacial score (nSPS) is 11.1. The van der Waals surface area contributed by atoms with Gasteiger partial charge in [-0.3, -0.25) is 0 Å². The molecular weight excluding hydrogens is 232 g/mol. The summed E-state index contributed by atoms with van der Waals surface area (Å²) in [6, 6.07) is 0. The van der Waals surface area contributed by atoms with E-state index in [-0.39, 0.29) is 0 Å². The van der Waals surface area contributed by atoms with Crippen LogP contribution < -0.4 is 0 Å². The number of aromatic amines is 2. The molecule has 0 fully saturated rings. The topological polar surface area (TPSA) is 57.4 Å². The van der Waals surface area contributed by atoms with Crippen LogP contribution in [-0.4, -0.2) is 19.9 Å². The fourth-order valence-electron chi connectivity index (χ4n) is 2.00. The highest BCUT2D eigenvalue weighted by Crippen LogP contribution is 2.14. The lowest BCUT2D eigenvalue weighted by atomic mass is 10.1. The second kappa shape index (κ2) is 5.91. The predicted molar refractivity (Wildman–Crippen MR) is 71.5 cm³/mol. The number of rotatable bonds is 6. The molecular formula is C12H18N4S. The van der Waals surface area contributed by atoms with Gasteiger partial charge < -0.3 is 9.97 Å². The first-order valence-corrected chi connectivity index (χ1v) is 6.64. The van der Waals surface area contributed by atoms with Gasteiger partial charge in [0.1, 0.15) is 5.52 Å². The van der Waals surface area contributed by atoms with Gasteiger partial charge in [0, 0.05) is 5.69 Å². The van der Waals surface area contributed by atoms with Crippen molar-refractivity contribution in [1.82, 2.24) is 19.9 Å². The molecule has 0 unspecified atom stereocenters. The van der Waals surface area contributed by atoms with Gasteiger partial charge in [0.15, 0.2) is 10.4 Å². The molecule has 5 heteroatoms. The number of unbranched alkanes of at least 4 members (excludes halogenated alkanes) is 4. The smallest absolute Gasteiger partial charge is 0.199 e. The molecule has 2 aromatic rings. The molecule has 0 spiro atoms. The van der Waals surface area contributed by atoms with Gasteiger partial charge in [-0.25, -0.2) is 4.98 Å². The summed E-state index contributed by atoms with van der Waals surface area (Å²) in [6.45, 7) is 2.23. The van der Waals surface area contributed by atoms with E-state index in [0.29, 0.717) is 4.77 Å². The highest BCUT2D eigenvalue weighted by atomic mass is 32.1. The standard InChI is InChI=1S/C12H18N4S/c1-2-3-4-5-6-7-9-10-11(14-8-13-10)16-12(17)15-9/h8H,2-7H2,1H3,(H2,13,14,15,16,17). The third kappa shape index (κ3) is 3.12. The monoisotopic (exact) mass is 250 g/mol. The molecule has 4 nitrogen and oxygen atoms in total. The van der Waals surface area contributed by atoms with E-state index in [0.717, 1.165) is 23.3 Å². The summed E-state index contributed by atoms with van der Waals surface area (Å²) in [7, 11) is 0. The summed E-state index contributed by atoms with van der Waals surface area (Å²) in [5, 5.41) is 0. The lowest BCUT2D eigenvalue weighted by Crippen LogP contribution is -1.95. The lowest BCUT2D eigenvalue weighted by Gasteiger charge is -2.03. The SMILES string of the molecule is CCCCCCCc1[nH]c(=S)nc2nc[nH]c12. The van der Waals surface area contributed by atoms with E-state index in [1.807, 2.05) is 0 Å². The Hall–Kier alpha value is -1.23. The summed E-state index contributed by atoms with van der Waals surface area (Å²) in [6.07, 6.45) is 9.05. The van der Waals surface area contributed by atoms with Crippen LogP contribution in [0.25, 0.3) is 11.2 Å². The van der Waals surface area contributed by atoms with Crippen LogP contribution in [0.2, 0.25) is 0 Å². The zero-order valence-electron chi connectivity index (χ0n) is 10.1. The molecule has 2 aromatic heterocycles. The third-order valence-corrected chi connectivity index (χ3v) is 3.11. The van der Waals surface area contributed by atoms with E-state index >= 15 is 0 Å². The zero-order valence-corrected chi connectivity index (χ0v) is 10.9. The Morgan fingerprint density at radius 1 is 1.24 bits per heavy atom. The van der Waals surface area contributed by atoms with Crippen molar-refractivity contribution in [1.29, 1.82) is 0 Å². The van der Waals surface area contributed by atoms with Crippen molar-refractivity contribution in [2.75, 3.05) is 0 Å². The highest BCUT2D eigenvalue weighted by molar-refractivity contribution is 7.71. The van der Waals surface area contributed by atoms with Crippen LogP contribution in [-0.2, 0) is 6.42 Å². The summed E-state index contributed by atoms with van der Waals surface area (Å²) >= 11 is 5.09. The Morgan fingerprint density at radius 3 is 2.88 bits per heavy atom. The molecule has 0 aliphatic heterocycles. The van der Waals surface area contributed by atoms with Crippen molar-refractivity contribution < 1.29 is 0 Å². The van der Waals surface area contributed by atoms with Crippen LogP contribution in [0.1, 0.15) is 44.7 Å². The fourth-order valence-corrected chi connectivity index (χ4v) is 2.21. The number of fused-ring (bicyclic) bond motifs is 1. The van der Waals surface area contributed by atoms with Crippen LogP contribution in [0.3, 0.4) is 0 Å². The number of aromatic nitrogens is 4. The van der Waals surface area contributed by atoms with Crippen molar-refractivity contribution in [2.24, 2.45) is 0 Å². The molecule has 17 heavy (non-hydrogen) atoms. The van der Waals surface area contributed by atoms with Gasteiger partial charge >= 0.3 is 0 Å². The third-order valence-electron chi connectivity index (χ3n) is 2.92. The maximum Gasteiger partial charge on any atom is 0.199 e. The van der Waals surface area contributed by atoms with Gasteiger partial charge in [0.2, 0.25) is 0 Å². The van der Waals surface area contributed by atoms with Crippen LogP contribution >= 0.6 is 12.2 Å². The summed E-state index contributed by atoms with van der Waals surface area (Å²) < 4.78 is 0.521. The number of H-pyrrole nitrogens is 2. The molecule has 0 amide bonds. The van der Waals surface area contributed by atoms with Crippen molar-refractivity contribution in [3.05, 3.63) is 16.8 Å². The summed E-state index contributed by atoms with van der Waals surface area (Å²) in [5.74, 6) is 0. The van der Waals surface area contributed by atoms with Gasteiger partial charge in [-0.1, -0.05) is 32.6 Å². The molecule has 0 radical (unpaired) electrons. The molecule has 0 atom stereocenters. The van der Waals surface area contributed by atoms with Gasteiger partial charge in [0.05, 0.1) is 6.33 Å². The molecule has 2 heterocycles. The van der Waals surface area contributed by atoms with Crippen molar-refractivity contribution in [3.63, 3.8) is 0 Å². The second-order valence-corrected chi connectivity index (χ2v) is 4.67. The Labute approximate surface area is 106 Å². The van der Waals surface area contributed by atoms with Crippen molar-refractivity contribution in [3.8, 4) is 0 Å². The van der Waals surface area contributed by atoms with Crippen LogP contribution in [0, 0.1) is 4.77 Å². The molecule has 2 rings (SSSR count). The molecule has 0 bridgehead atoms. The Morgan fingerprint density at radius 2 is 2.06 bits per heavy atom. The second-order valence-electron chi connectivity index (χ2n) is 4.29. The number of nitrogens with zero attached hydrogens (tertiary/aromatic N) is 2. The predicted octanol–water partition coefficient (Wildman–Crippen LogP) is 3.53. The molecule has 92 valence electrons. The highest BCUT2D eigenvalue weighted by Gasteiger charge is 2.05. The maximum atomic E-state index is 5.09. The van der Waals surface area contributed by atoms with Crippen LogP contribution in [0.15, 0.2) is 6.33 Å². The summed E-state index contributed by atoms with van der Waals surface area (Å²) in [5.41, 5.74) is 2.85. The van der Waals surface area contributed by atoms with Crippen LogP contribution in [0.5, 0.6) is 0 Å². The largest absolute Gasteiger partial charge is 0.342 e. The Balaban J connectivity index is 2.02. The quantitative estimate of drug-likeness (QED) is 0.609. The average Bonchev–Trinajstić information content (AvgIpc) is 2.76. The minimum atomic E-state index is 0.521. The van der Waals surface area contributed by atoms with E-state index in [1.54, 1.807) is 6.33 Å². The Bertz CT molecular complexity index is 529. The van der Waals surface area contributed by atoms with Gasteiger partial charge in [-0.15, -0.1) is 0 Å². The van der Waals surface area contributed by atoms with E-state index in [2.05, 4.69) is 26.9 Å². The maximum absolute atomic E-state index is 5.09. The lowest BCUT2D eigenvalue weighted by molar-refractivity contribution is 0.628. The first kappa shape index (κ1) is 12.2. The Kier molecular flexibility index (Phi) is 4.25. The van der Waals surface area contributed by atoms with Crippen LogP contribution in [0.4, 0.5) is 0 Å². The molecule has 0 aromatic carbocycles. The number of nitrogens with one attached hydrogen (secondary N) is 2. The van der Waals surface area contributed by atoms with Gasteiger partial charge in [0.25, 0.3) is 0 Å². The fraction of sp³-hybridized carbons (Fsp3) is 0.583. The first-order chi connectivity index (χ1) is 8.31. The number of imidazole rings is 1. The molecule has 0 saturated heterocycles. The number of hydrogen-bond donors (Lipinski definition) is 2. The van der Waals surface area contributed by atoms with Gasteiger partial charge in [-0.05, 0) is 25.1 Å². The average molecular weight is 250 g/mol. The van der Waals surface area contributed by atoms with Gasteiger partial charge in [-0.2, -0.15) is 4.98 Å². The minimum absolute atomic E-state index is 0.521. The minimum Gasteiger partial charge on any atom is -0.342 e. The van der Waals surface area contributed by atoms with E-state index < -0.39 is 0 Å². The number of aryl methyl sites for hydroxylation is 1. The van der Waals surface area contributed by atoms with E-state index in [1.165, 1.54) is 32.1 Å². The first-order valence-electron chi connectivity index (χ1n) is 6.23. The molecule has 2 N–H and O–H groups in total. The number of hydrogen-bond acceptors (Lipinski definition) is 3. The van der Waals surface area contributed by atoms with Crippen molar-refractivity contribution >= 4 is 23.4 Å². The molecule has 0 aliphatic carbocycles. The van der Waals surface area contributed by atoms with E-state index in [9.17, 15) is 0 Å². The van der Waals surface area contributed by atoms with E-state index in [4.69, 9.17) is 12.2 Å². The van der Waals surface area contributed by atoms with Crippen molar-refractivity contribution in [2.45, 2.75) is 45.4 Å².